The Morgan fingerprint density at radius 1 is 1.24 bits per heavy atom. The van der Waals surface area contributed by atoms with Gasteiger partial charge >= 0.3 is 0 Å². The second kappa shape index (κ2) is 6.20. The summed E-state index contributed by atoms with van der Waals surface area (Å²) >= 11 is 0. The monoisotopic (exact) mass is 337 g/mol. The summed E-state index contributed by atoms with van der Waals surface area (Å²) in [6, 6.07) is 10.2. The van der Waals surface area contributed by atoms with E-state index >= 15 is 0 Å². The van der Waals surface area contributed by atoms with E-state index in [0.717, 1.165) is 22.5 Å². The van der Waals surface area contributed by atoms with E-state index < -0.39 is 0 Å². The van der Waals surface area contributed by atoms with Crippen molar-refractivity contribution >= 4 is 11.5 Å². The maximum atomic E-state index is 13.1. The number of rotatable bonds is 5. The number of nitrogens with zero attached hydrogens (tertiary/aromatic N) is 2. The molecule has 0 bridgehead atoms. The first-order valence-corrected chi connectivity index (χ1v) is 8.44. The number of aromatic nitrogens is 3. The number of nitrogen functional groups attached to an aromatic ring is 1. The predicted molar refractivity (Wildman–Crippen MR) is 96.6 cm³/mol. The number of benzene rings is 1. The molecule has 6 heteroatoms. The first-order valence-electron chi connectivity index (χ1n) is 8.44. The van der Waals surface area contributed by atoms with Gasteiger partial charge in [0.2, 0.25) is 0 Å². The van der Waals surface area contributed by atoms with Crippen LogP contribution in [0.4, 0.5) is 15.9 Å². The Hall–Kier alpha value is -2.89. The van der Waals surface area contributed by atoms with E-state index in [1.54, 1.807) is 24.4 Å². The minimum atomic E-state index is -0.247. The largest absolute Gasteiger partial charge is 0.398 e. The number of hydrogen-bond acceptors (Lipinski definition) is 4. The van der Waals surface area contributed by atoms with Crippen LogP contribution in [0.25, 0.3) is 11.3 Å². The van der Waals surface area contributed by atoms with Crippen LogP contribution >= 0.6 is 0 Å². The van der Waals surface area contributed by atoms with Crippen molar-refractivity contribution in [1.29, 1.82) is 0 Å². The fourth-order valence-corrected chi connectivity index (χ4v) is 2.96. The van der Waals surface area contributed by atoms with Gasteiger partial charge in [-0.2, -0.15) is 5.10 Å². The molecule has 0 saturated heterocycles. The highest BCUT2D eigenvalue weighted by atomic mass is 19.1. The third-order valence-corrected chi connectivity index (χ3v) is 4.58. The van der Waals surface area contributed by atoms with E-state index in [0.29, 0.717) is 17.4 Å². The number of nitrogens with one attached hydrogen (secondary N) is 2. The molecule has 0 spiro atoms. The number of aromatic amines is 1. The molecule has 1 aliphatic rings. The number of anilines is 2. The quantitative estimate of drug-likeness (QED) is 0.650. The van der Waals surface area contributed by atoms with Crippen LogP contribution in [-0.2, 0) is 0 Å². The van der Waals surface area contributed by atoms with Gasteiger partial charge in [0.15, 0.2) is 0 Å². The van der Waals surface area contributed by atoms with Crippen molar-refractivity contribution in [2.45, 2.75) is 31.7 Å². The molecule has 128 valence electrons. The van der Waals surface area contributed by atoms with Gasteiger partial charge in [0.1, 0.15) is 11.6 Å². The molecule has 5 nitrogen and oxygen atoms in total. The average Bonchev–Trinajstić information content (AvgIpc) is 3.34. The van der Waals surface area contributed by atoms with Gasteiger partial charge in [-0.1, -0.05) is 12.1 Å². The number of pyridine rings is 1. The summed E-state index contributed by atoms with van der Waals surface area (Å²) in [5, 5.41) is 10.9. The molecule has 1 fully saturated rings. The molecule has 1 aliphatic carbocycles. The normalized spacial score (nSPS) is 15.1. The number of H-pyrrole nitrogens is 1. The predicted octanol–water partition coefficient (Wildman–Crippen LogP) is 4.24. The summed E-state index contributed by atoms with van der Waals surface area (Å²) in [6.07, 6.45) is 4.08. The molecule has 4 rings (SSSR count). The zero-order valence-corrected chi connectivity index (χ0v) is 14.0. The van der Waals surface area contributed by atoms with Crippen molar-refractivity contribution in [1.82, 2.24) is 15.2 Å². The Balaban J connectivity index is 1.65. The topological polar surface area (TPSA) is 79.6 Å². The van der Waals surface area contributed by atoms with Crippen LogP contribution < -0.4 is 11.1 Å². The fraction of sp³-hybridized carbons (Fsp3) is 0.263. The van der Waals surface area contributed by atoms with E-state index in [2.05, 4.69) is 26.6 Å². The molecule has 0 amide bonds. The van der Waals surface area contributed by atoms with Crippen LogP contribution in [0, 0.1) is 5.82 Å². The zero-order valence-electron chi connectivity index (χ0n) is 14.0. The van der Waals surface area contributed by atoms with Gasteiger partial charge in [0.25, 0.3) is 0 Å². The first kappa shape index (κ1) is 15.6. The summed E-state index contributed by atoms with van der Waals surface area (Å²) < 4.78 is 13.1. The Morgan fingerprint density at radius 2 is 2.00 bits per heavy atom. The summed E-state index contributed by atoms with van der Waals surface area (Å²) in [5.74, 6) is 1.02. The van der Waals surface area contributed by atoms with E-state index in [9.17, 15) is 4.39 Å². The Labute approximate surface area is 145 Å². The average molecular weight is 337 g/mol. The SMILES string of the molecule is C[C@H](Nc1nccc(N)c1-c1cc(C2CC2)[nH]n1)c1ccc(F)cc1. The van der Waals surface area contributed by atoms with E-state index in [4.69, 9.17) is 5.73 Å². The molecule has 1 atom stereocenters. The van der Waals surface area contributed by atoms with Gasteiger partial charge in [0.05, 0.1) is 11.3 Å². The van der Waals surface area contributed by atoms with Gasteiger partial charge in [0, 0.05) is 29.5 Å². The molecule has 25 heavy (non-hydrogen) atoms. The van der Waals surface area contributed by atoms with Crippen molar-refractivity contribution < 1.29 is 4.39 Å². The maximum absolute atomic E-state index is 13.1. The van der Waals surface area contributed by atoms with E-state index in [1.165, 1.54) is 25.0 Å². The van der Waals surface area contributed by atoms with Crippen LogP contribution in [-0.4, -0.2) is 15.2 Å². The highest BCUT2D eigenvalue weighted by molar-refractivity contribution is 5.83. The Kier molecular flexibility index (Phi) is 3.87. The lowest BCUT2D eigenvalue weighted by Gasteiger charge is -2.18. The second-order valence-corrected chi connectivity index (χ2v) is 6.52. The highest BCUT2D eigenvalue weighted by Crippen LogP contribution is 2.41. The van der Waals surface area contributed by atoms with Gasteiger partial charge in [-0.15, -0.1) is 0 Å². The van der Waals surface area contributed by atoms with Crippen molar-refractivity contribution in [3.8, 4) is 11.3 Å². The molecule has 0 unspecified atom stereocenters. The molecular weight excluding hydrogens is 317 g/mol. The minimum absolute atomic E-state index is 0.0458. The molecule has 0 radical (unpaired) electrons. The van der Waals surface area contributed by atoms with Crippen LogP contribution in [0.1, 0.15) is 43.0 Å². The smallest absolute Gasteiger partial charge is 0.138 e. The number of halogens is 1. The summed E-state index contributed by atoms with van der Waals surface area (Å²) in [5.41, 5.74) is 10.5. The lowest BCUT2D eigenvalue weighted by atomic mass is 10.1. The van der Waals surface area contributed by atoms with Crippen molar-refractivity contribution in [2.75, 3.05) is 11.1 Å². The fourth-order valence-electron chi connectivity index (χ4n) is 2.96. The summed E-state index contributed by atoms with van der Waals surface area (Å²) in [4.78, 5) is 4.45. The number of nitrogens with two attached hydrogens (primary N) is 1. The van der Waals surface area contributed by atoms with Gasteiger partial charge in [-0.25, -0.2) is 9.37 Å². The molecule has 2 aromatic heterocycles. The summed E-state index contributed by atoms with van der Waals surface area (Å²) in [7, 11) is 0. The van der Waals surface area contributed by atoms with Crippen LogP contribution in [0.15, 0.2) is 42.6 Å². The summed E-state index contributed by atoms with van der Waals surface area (Å²) in [6.45, 7) is 2.00. The Bertz CT molecular complexity index is 883. The molecule has 4 N–H and O–H groups in total. The first-order chi connectivity index (χ1) is 12.1. The van der Waals surface area contributed by atoms with Crippen molar-refractivity contribution in [3.05, 3.63) is 59.7 Å². The van der Waals surface area contributed by atoms with Crippen LogP contribution in [0.2, 0.25) is 0 Å². The third-order valence-electron chi connectivity index (χ3n) is 4.58. The zero-order chi connectivity index (χ0) is 17.4. The minimum Gasteiger partial charge on any atom is -0.398 e. The molecule has 1 aromatic carbocycles. The standard InChI is InChI=1S/C19H20FN5/c1-11(12-4-6-14(20)7-5-12)23-19-18(15(21)8-9-22-19)17-10-16(24-25-17)13-2-3-13/h4-11,13H,2-3H2,1H3,(H,24,25)(H3,21,22,23)/t11-/m0/s1. The molecule has 3 aromatic rings. The van der Waals surface area contributed by atoms with Gasteiger partial charge < -0.3 is 11.1 Å². The molecule has 2 heterocycles. The molecular formula is C19H20FN5. The number of hydrogen-bond donors (Lipinski definition) is 3. The van der Waals surface area contributed by atoms with E-state index in [-0.39, 0.29) is 11.9 Å². The molecule has 0 aliphatic heterocycles. The highest BCUT2D eigenvalue weighted by Gasteiger charge is 2.26. The van der Waals surface area contributed by atoms with Gasteiger partial charge in [-0.3, -0.25) is 5.10 Å². The maximum Gasteiger partial charge on any atom is 0.138 e. The van der Waals surface area contributed by atoms with Crippen LogP contribution in [0.5, 0.6) is 0 Å². The second-order valence-electron chi connectivity index (χ2n) is 6.52. The molecule has 1 saturated carbocycles. The lowest BCUT2D eigenvalue weighted by Crippen LogP contribution is -2.10. The van der Waals surface area contributed by atoms with E-state index in [1.807, 2.05) is 6.92 Å². The van der Waals surface area contributed by atoms with Crippen molar-refractivity contribution in [2.24, 2.45) is 0 Å². The lowest BCUT2D eigenvalue weighted by molar-refractivity contribution is 0.626. The van der Waals surface area contributed by atoms with Crippen LogP contribution in [0.3, 0.4) is 0 Å². The Morgan fingerprint density at radius 3 is 2.72 bits per heavy atom. The van der Waals surface area contributed by atoms with Gasteiger partial charge in [-0.05, 0) is 49.6 Å². The van der Waals surface area contributed by atoms with Crippen molar-refractivity contribution in [3.63, 3.8) is 0 Å². The third kappa shape index (κ3) is 3.20.